The van der Waals surface area contributed by atoms with Gasteiger partial charge >= 0.3 is 0 Å². The number of nitrogens with one attached hydrogen (secondary N) is 1. The van der Waals surface area contributed by atoms with E-state index in [2.05, 4.69) is 20.3 Å². The highest BCUT2D eigenvalue weighted by molar-refractivity contribution is 14.0. The molecule has 29 heavy (non-hydrogen) atoms. The lowest BCUT2D eigenvalue weighted by Crippen LogP contribution is -2.54. The zero-order chi connectivity index (χ0) is 20.4. The van der Waals surface area contributed by atoms with Gasteiger partial charge in [0.15, 0.2) is 5.96 Å². The molecule has 0 amide bonds. The summed E-state index contributed by atoms with van der Waals surface area (Å²) in [5.41, 5.74) is 0.426. The van der Waals surface area contributed by atoms with Crippen LogP contribution in [0.4, 0.5) is 0 Å². The third kappa shape index (κ3) is 8.74. The first-order chi connectivity index (χ1) is 13.5. The Balaban J connectivity index is 0.00000420. The van der Waals surface area contributed by atoms with Gasteiger partial charge in [-0.05, 0) is 14.0 Å². The third-order valence-electron chi connectivity index (χ3n) is 4.51. The molecule has 0 radical (unpaired) electrons. The average Bonchev–Trinajstić information content (AvgIpc) is 3.18. The molecular weight excluding hydrogens is 511 g/mol. The highest BCUT2D eigenvalue weighted by atomic mass is 127. The van der Waals surface area contributed by atoms with Crippen molar-refractivity contribution < 1.29 is 17.7 Å². The van der Waals surface area contributed by atoms with Crippen LogP contribution in [-0.4, -0.2) is 107 Å². The average molecular weight is 544 g/mol. The van der Waals surface area contributed by atoms with Gasteiger partial charge in [-0.15, -0.1) is 24.0 Å². The molecule has 2 heterocycles. The summed E-state index contributed by atoms with van der Waals surface area (Å²) in [5.74, 6) is 0.696. The van der Waals surface area contributed by atoms with Crippen molar-refractivity contribution in [3.05, 3.63) is 18.0 Å². The molecule has 0 unspecified atom stereocenters. The van der Waals surface area contributed by atoms with Gasteiger partial charge in [-0.2, -0.15) is 4.31 Å². The molecule has 0 aliphatic carbocycles. The Bertz CT molecular complexity index is 693. The van der Waals surface area contributed by atoms with Crippen LogP contribution in [0.2, 0.25) is 0 Å². The number of hydrogen-bond donors (Lipinski definition) is 1. The summed E-state index contributed by atoms with van der Waals surface area (Å²) in [6.07, 6.45) is 1.38. The Labute approximate surface area is 190 Å². The van der Waals surface area contributed by atoms with Crippen molar-refractivity contribution in [3.8, 4) is 0 Å². The number of guanidine groups is 1. The molecule has 1 saturated heterocycles. The van der Waals surface area contributed by atoms with Gasteiger partial charge in [-0.25, -0.2) is 8.42 Å². The molecule has 12 heteroatoms. The van der Waals surface area contributed by atoms with E-state index in [1.165, 1.54) is 10.6 Å². The first-order valence-corrected chi connectivity index (χ1v) is 11.1. The highest BCUT2D eigenvalue weighted by Crippen LogP contribution is 2.12. The fourth-order valence-electron chi connectivity index (χ4n) is 2.88. The molecule has 1 aliphatic rings. The number of ether oxygens (including phenoxy) is 1. The van der Waals surface area contributed by atoms with Gasteiger partial charge in [0, 0.05) is 59.0 Å². The molecule has 0 saturated carbocycles. The molecule has 0 atom stereocenters. The zero-order valence-electron chi connectivity index (χ0n) is 17.4. The summed E-state index contributed by atoms with van der Waals surface area (Å²) in [6.45, 7) is 7.93. The van der Waals surface area contributed by atoms with Crippen LogP contribution in [-0.2, 0) is 20.5 Å². The third-order valence-corrected chi connectivity index (χ3v) is 6.32. The Morgan fingerprint density at radius 1 is 1.34 bits per heavy atom. The number of sulfonamides is 1. The number of nitrogens with zero attached hydrogens (tertiary/aromatic N) is 5. The van der Waals surface area contributed by atoms with Crippen LogP contribution in [0.25, 0.3) is 0 Å². The molecule has 0 spiro atoms. The molecule has 10 nitrogen and oxygen atoms in total. The predicted molar refractivity (Wildman–Crippen MR) is 123 cm³/mol. The molecular formula is C17H33IN6O4S. The second-order valence-corrected chi connectivity index (χ2v) is 8.63. The maximum absolute atomic E-state index is 12.6. The Morgan fingerprint density at radius 3 is 2.66 bits per heavy atom. The lowest BCUT2D eigenvalue weighted by Gasteiger charge is -2.35. The maximum Gasteiger partial charge on any atom is 0.220 e. The van der Waals surface area contributed by atoms with E-state index in [0.717, 1.165) is 25.6 Å². The number of aromatic nitrogens is 1. The minimum Gasteiger partial charge on any atom is -0.383 e. The lowest BCUT2D eigenvalue weighted by molar-refractivity contribution is 0.162. The summed E-state index contributed by atoms with van der Waals surface area (Å²) in [5, 5.41) is 7.00. The summed E-state index contributed by atoms with van der Waals surface area (Å²) < 4.78 is 36.4. The van der Waals surface area contributed by atoms with Crippen molar-refractivity contribution in [3.63, 3.8) is 0 Å². The van der Waals surface area contributed by atoms with Gasteiger partial charge < -0.3 is 24.4 Å². The van der Waals surface area contributed by atoms with E-state index in [4.69, 9.17) is 14.3 Å². The monoisotopic (exact) mass is 544 g/mol. The number of hydrogen-bond acceptors (Lipinski definition) is 7. The Morgan fingerprint density at radius 2 is 2.07 bits per heavy atom. The van der Waals surface area contributed by atoms with Crippen molar-refractivity contribution in [1.82, 2.24) is 24.6 Å². The first kappa shape index (κ1) is 26.1. The summed E-state index contributed by atoms with van der Waals surface area (Å²) >= 11 is 0. The van der Waals surface area contributed by atoms with E-state index >= 15 is 0 Å². The molecule has 1 N–H and O–H groups in total. The van der Waals surface area contributed by atoms with Gasteiger partial charge in [0.25, 0.3) is 0 Å². The van der Waals surface area contributed by atoms with E-state index < -0.39 is 10.0 Å². The van der Waals surface area contributed by atoms with Crippen LogP contribution in [0.5, 0.6) is 0 Å². The fourth-order valence-corrected chi connectivity index (χ4v) is 4.30. The maximum atomic E-state index is 12.6. The summed E-state index contributed by atoms with van der Waals surface area (Å²) in [6, 6.07) is 1.58. The van der Waals surface area contributed by atoms with Crippen LogP contribution in [0.15, 0.2) is 21.8 Å². The smallest absolute Gasteiger partial charge is 0.220 e. The molecule has 2 rings (SSSR count). The minimum absolute atomic E-state index is 0. The number of piperazine rings is 1. The van der Waals surface area contributed by atoms with Crippen molar-refractivity contribution in [2.45, 2.75) is 12.7 Å². The zero-order valence-corrected chi connectivity index (χ0v) is 20.6. The standard InChI is InChI=1S/C17H32N6O4S.HI/c1-4-18-17(19-6-7-21(2)12-14-26-3)22-8-10-23(11-9-22)28(24,25)15-16-5-13-27-20-16;/h5,13H,4,6-12,14-15H2,1-3H3,(H,18,19);1H. The van der Waals surface area contributed by atoms with Crippen LogP contribution in [0, 0.1) is 0 Å². The van der Waals surface area contributed by atoms with E-state index in [0.29, 0.717) is 45.0 Å². The van der Waals surface area contributed by atoms with Gasteiger partial charge in [-0.1, -0.05) is 5.16 Å². The largest absolute Gasteiger partial charge is 0.383 e. The van der Waals surface area contributed by atoms with E-state index in [1.807, 2.05) is 14.0 Å². The molecule has 1 aromatic heterocycles. The Hall–Kier alpha value is -0.960. The molecule has 0 aromatic carbocycles. The normalized spacial score (nSPS) is 16.1. The Kier molecular flexibility index (Phi) is 12.0. The van der Waals surface area contributed by atoms with Gasteiger partial charge in [-0.3, -0.25) is 4.99 Å². The van der Waals surface area contributed by atoms with Crippen molar-refractivity contribution >= 4 is 40.0 Å². The summed E-state index contributed by atoms with van der Waals surface area (Å²) in [4.78, 5) is 8.98. The van der Waals surface area contributed by atoms with E-state index in [1.54, 1.807) is 13.2 Å². The fraction of sp³-hybridized carbons (Fsp3) is 0.765. The topological polar surface area (TPSA) is 104 Å². The SMILES string of the molecule is CCNC(=NCCN(C)CCOC)N1CCN(S(=O)(=O)Cc2ccon2)CC1.I. The number of rotatable bonds is 10. The quantitative estimate of drug-likeness (QED) is 0.255. The van der Waals surface area contributed by atoms with Crippen LogP contribution in [0.3, 0.4) is 0 Å². The van der Waals surface area contributed by atoms with Gasteiger partial charge in [0.05, 0.1) is 18.8 Å². The second kappa shape index (κ2) is 13.4. The van der Waals surface area contributed by atoms with Crippen LogP contribution in [0.1, 0.15) is 12.6 Å². The van der Waals surface area contributed by atoms with E-state index in [9.17, 15) is 8.42 Å². The molecule has 1 aliphatic heterocycles. The second-order valence-electron chi connectivity index (χ2n) is 6.66. The lowest BCUT2D eigenvalue weighted by atomic mass is 10.4. The first-order valence-electron chi connectivity index (χ1n) is 9.54. The van der Waals surface area contributed by atoms with Crippen LogP contribution >= 0.6 is 24.0 Å². The number of likely N-dealkylation sites (N-methyl/N-ethyl adjacent to an activating group) is 1. The highest BCUT2D eigenvalue weighted by Gasteiger charge is 2.28. The number of aliphatic imine (C=N–C) groups is 1. The number of methoxy groups -OCH3 is 1. The minimum atomic E-state index is -3.40. The summed E-state index contributed by atoms with van der Waals surface area (Å²) in [7, 11) is 0.337. The van der Waals surface area contributed by atoms with Gasteiger partial charge in [0.1, 0.15) is 12.0 Å². The molecule has 0 bridgehead atoms. The predicted octanol–water partition coefficient (Wildman–Crippen LogP) is 0.284. The van der Waals surface area contributed by atoms with Crippen LogP contribution < -0.4 is 5.32 Å². The molecule has 168 valence electrons. The number of halogens is 1. The van der Waals surface area contributed by atoms with E-state index in [-0.39, 0.29) is 29.7 Å². The van der Waals surface area contributed by atoms with Crippen molar-refractivity contribution in [2.24, 2.45) is 4.99 Å². The van der Waals surface area contributed by atoms with Crippen molar-refractivity contribution in [1.29, 1.82) is 0 Å². The molecule has 1 fully saturated rings. The molecule has 1 aromatic rings. The van der Waals surface area contributed by atoms with Gasteiger partial charge in [0.2, 0.25) is 10.0 Å². The van der Waals surface area contributed by atoms with Crippen molar-refractivity contribution in [2.75, 3.05) is 73.1 Å².